The summed E-state index contributed by atoms with van der Waals surface area (Å²) in [6.45, 7) is 18.8. The van der Waals surface area contributed by atoms with Crippen LogP contribution < -0.4 is 5.19 Å². The largest absolute Gasteiger partial charge is 0.500 e. The average Bonchev–Trinajstić information content (AvgIpc) is 3.59. The quantitative estimate of drug-likeness (QED) is 0.118. The predicted molar refractivity (Wildman–Crippen MR) is 250 cm³/mol. The fourth-order valence-electron chi connectivity index (χ4n) is 7.21. The third kappa shape index (κ3) is 9.76. The van der Waals surface area contributed by atoms with Gasteiger partial charge in [-0.05, 0) is 68.2 Å². The van der Waals surface area contributed by atoms with E-state index < -0.39 is 26.7 Å². The minimum Gasteiger partial charge on any atom is -0.500 e. The molecular formula is C54H56IrN2OSi-2. The van der Waals surface area contributed by atoms with Crippen molar-refractivity contribution in [2.45, 2.75) is 92.2 Å². The van der Waals surface area contributed by atoms with Gasteiger partial charge in [0.15, 0.2) is 0 Å². The molecule has 3 heterocycles. The molecule has 0 saturated carbocycles. The number of hydrogen-bond donors (Lipinski definition) is 0. The molecule has 5 heteroatoms. The zero-order valence-electron chi connectivity index (χ0n) is 40.8. The molecule has 8 rings (SSSR count). The fourth-order valence-corrected chi connectivity index (χ4v) is 8.79. The summed E-state index contributed by atoms with van der Waals surface area (Å²) < 4.78 is 46.9. The Labute approximate surface area is 373 Å². The van der Waals surface area contributed by atoms with Crippen LogP contribution in [-0.4, -0.2) is 18.0 Å². The topological polar surface area (TPSA) is 38.9 Å². The van der Waals surface area contributed by atoms with Crippen LogP contribution in [0, 0.1) is 19.0 Å². The Morgan fingerprint density at radius 3 is 2.02 bits per heavy atom. The fraction of sp³-hybridized carbons (Fsp3) is 0.259. The van der Waals surface area contributed by atoms with E-state index in [-0.39, 0.29) is 31.1 Å². The Morgan fingerprint density at radius 1 is 0.678 bits per heavy atom. The van der Waals surface area contributed by atoms with Crippen LogP contribution in [0.25, 0.3) is 66.7 Å². The van der Waals surface area contributed by atoms with Gasteiger partial charge in [-0.1, -0.05) is 176 Å². The number of pyridine rings is 2. The molecule has 0 aliphatic heterocycles. The molecule has 0 aliphatic rings. The second-order valence-electron chi connectivity index (χ2n) is 17.6. The Morgan fingerprint density at radius 2 is 1.36 bits per heavy atom. The van der Waals surface area contributed by atoms with E-state index in [0.717, 1.165) is 61.0 Å². The van der Waals surface area contributed by atoms with E-state index in [4.69, 9.17) is 16.3 Å². The zero-order valence-corrected chi connectivity index (χ0v) is 39.2. The van der Waals surface area contributed by atoms with Gasteiger partial charge < -0.3 is 14.4 Å². The minimum atomic E-state index is -2.23. The summed E-state index contributed by atoms with van der Waals surface area (Å²) in [5.41, 5.74) is 12.3. The Kier molecular flexibility index (Phi) is 11.1. The molecule has 0 saturated heterocycles. The van der Waals surface area contributed by atoms with Crippen molar-refractivity contribution >= 4 is 35.2 Å². The summed E-state index contributed by atoms with van der Waals surface area (Å²) in [5.74, 6) is -1.43. The molecule has 0 aliphatic carbocycles. The normalized spacial score (nSPS) is 13.6. The number of benzene rings is 5. The van der Waals surface area contributed by atoms with Crippen molar-refractivity contribution < 1.29 is 31.4 Å². The first-order chi connectivity index (χ1) is 29.4. The Hall–Kier alpha value is -4.93. The van der Waals surface area contributed by atoms with Crippen LogP contribution in [0.5, 0.6) is 0 Å². The molecule has 1 radical (unpaired) electrons. The van der Waals surface area contributed by atoms with Gasteiger partial charge in [-0.15, -0.1) is 53.1 Å². The maximum Gasteiger partial charge on any atom is 0.121 e. The summed E-state index contributed by atoms with van der Waals surface area (Å²) in [7, 11) is -1.68. The van der Waals surface area contributed by atoms with Gasteiger partial charge in [-0.3, -0.25) is 0 Å². The van der Waals surface area contributed by atoms with Crippen molar-refractivity contribution in [1.82, 2.24) is 9.97 Å². The first kappa shape index (κ1) is 37.1. The average molecular weight is 974 g/mol. The third-order valence-corrected chi connectivity index (χ3v) is 12.7. The second kappa shape index (κ2) is 17.7. The molecule has 8 aromatic rings. The smallest absolute Gasteiger partial charge is 0.121 e. The molecule has 59 heavy (non-hydrogen) atoms. The SMILES string of the molecule is [2H]C(C)(C)c1ccnc(-c2[c-]cc3oc4cc(-c5ccc(C(C)(C)C)cc5)ccc4c3c2)c1.[2H]C([2H])([2H])c1c[c-]c(-c2cc(C([2H])(C)C)c([Si](C)(C)C)cn2)cc1-c1ccccc1.[Ir]. The third-order valence-electron chi connectivity index (χ3n) is 10.7. The van der Waals surface area contributed by atoms with Gasteiger partial charge in [-0.25, -0.2) is 0 Å². The number of furan rings is 1. The molecule has 0 N–H and O–H groups in total. The molecule has 0 atom stereocenters. The number of nitrogens with zero attached hydrogens (tertiary/aromatic N) is 2. The van der Waals surface area contributed by atoms with Crippen LogP contribution in [0.3, 0.4) is 0 Å². The van der Waals surface area contributed by atoms with Gasteiger partial charge in [0, 0.05) is 44.7 Å². The van der Waals surface area contributed by atoms with Crippen LogP contribution in [0.1, 0.15) is 89.4 Å². The molecule has 0 spiro atoms. The van der Waals surface area contributed by atoms with E-state index >= 15 is 0 Å². The molecule has 0 unspecified atom stereocenters. The summed E-state index contributed by atoms with van der Waals surface area (Å²) in [5, 5.41) is 3.30. The minimum absolute atomic E-state index is 0. The second-order valence-corrected chi connectivity index (χ2v) is 22.6. The first-order valence-corrected chi connectivity index (χ1v) is 23.5. The summed E-state index contributed by atoms with van der Waals surface area (Å²) in [6.07, 6.45) is 3.67. The molecule has 0 amide bonds. The van der Waals surface area contributed by atoms with E-state index in [1.54, 1.807) is 12.3 Å². The predicted octanol–water partition coefficient (Wildman–Crippen LogP) is 14.7. The number of rotatable bonds is 7. The number of aryl methyl sites for hydroxylation is 1. The number of aromatic nitrogens is 2. The number of fused-ring (bicyclic) bond motifs is 3. The van der Waals surface area contributed by atoms with Gasteiger partial charge >= 0.3 is 0 Å². The van der Waals surface area contributed by atoms with Crippen LogP contribution in [0.15, 0.2) is 132 Å². The molecule has 5 aromatic carbocycles. The van der Waals surface area contributed by atoms with Gasteiger partial charge in [0.2, 0.25) is 0 Å². The maximum atomic E-state index is 8.66. The molecule has 3 nitrogen and oxygen atoms in total. The van der Waals surface area contributed by atoms with Crippen LogP contribution in [-0.2, 0) is 25.5 Å². The van der Waals surface area contributed by atoms with Crippen molar-refractivity contribution in [3.8, 4) is 44.8 Å². The van der Waals surface area contributed by atoms with Crippen molar-refractivity contribution in [1.29, 1.82) is 0 Å². The monoisotopic (exact) mass is 974 g/mol. The van der Waals surface area contributed by atoms with Crippen LogP contribution >= 0.6 is 0 Å². The van der Waals surface area contributed by atoms with Gasteiger partial charge in [-0.2, -0.15) is 0 Å². The van der Waals surface area contributed by atoms with E-state index in [0.29, 0.717) is 11.3 Å². The molecule has 0 bridgehead atoms. The summed E-state index contributed by atoms with van der Waals surface area (Å²) >= 11 is 0. The van der Waals surface area contributed by atoms with E-state index in [1.165, 1.54) is 16.3 Å². The van der Waals surface area contributed by atoms with E-state index in [9.17, 15) is 0 Å². The Bertz CT molecular complexity index is 2920. The van der Waals surface area contributed by atoms with Gasteiger partial charge in [0.25, 0.3) is 0 Å². The molecular weight excluding hydrogens is 913 g/mol. The summed E-state index contributed by atoms with van der Waals surface area (Å²) in [4.78, 5) is 9.22. The first-order valence-electron chi connectivity index (χ1n) is 22.5. The zero-order chi connectivity index (χ0) is 45.7. The van der Waals surface area contributed by atoms with Gasteiger partial charge in [0.05, 0.1) is 13.7 Å². The van der Waals surface area contributed by atoms with E-state index in [1.807, 2.05) is 94.6 Å². The van der Waals surface area contributed by atoms with E-state index in [2.05, 4.69) is 106 Å². The standard InChI is InChI=1S/C30H28NO.C24H28NSi.Ir/c1-19(2)21-14-15-31-27(17-21)23-9-13-28-26(16-23)25-12-8-22(18-29(25)32-28)20-6-10-24(11-7-20)30(3,4)5;1-17(2)21-15-23(25-16-24(21)26(4,5)6)20-13-12-18(3)22(14-20)19-10-8-7-9-11-19;/h6-8,10-19H,1-5H3;7-12,14-17H,1-6H3;/q2*-1;/i19D;3D3,17D;. The maximum absolute atomic E-state index is 8.66. The molecule has 303 valence electrons. The van der Waals surface area contributed by atoms with Crippen LogP contribution in [0.2, 0.25) is 19.6 Å². The van der Waals surface area contributed by atoms with Crippen molar-refractivity contribution in [2.75, 3.05) is 0 Å². The van der Waals surface area contributed by atoms with Crippen molar-refractivity contribution in [2.24, 2.45) is 0 Å². The Balaban J connectivity index is 0.000000210. The molecule has 3 aromatic heterocycles. The van der Waals surface area contributed by atoms with Crippen LogP contribution in [0.4, 0.5) is 0 Å². The van der Waals surface area contributed by atoms with Gasteiger partial charge in [0.1, 0.15) is 5.58 Å². The summed E-state index contributed by atoms with van der Waals surface area (Å²) in [6, 6.07) is 44.4. The number of hydrogen-bond acceptors (Lipinski definition) is 3. The molecule has 0 fully saturated rings. The van der Waals surface area contributed by atoms with Crippen molar-refractivity contribution in [3.63, 3.8) is 0 Å². The van der Waals surface area contributed by atoms with Crippen molar-refractivity contribution in [3.05, 3.63) is 162 Å².